The molecule has 4 heteroatoms. The lowest BCUT2D eigenvalue weighted by molar-refractivity contribution is -0.123. The van der Waals surface area contributed by atoms with Gasteiger partial charge in [0.05, 0.1) is 6.54 Å². The lowest BCUT2D eigenvalue weighted by Gasteiger charge is -2.39. The quantitative estimate of drug-likeness (QED) is 0.776. The molecule has 1 atom stereocenters. The van der Waals surface area contributed by atoms with Crippen LogP contribution in [0.4, 0.5) is 0 Å². The lowest BCUT2D eigenvalue weighted by Crippen LogP contribution is -2.52. The fraction of sp³-hybridized carbons (Fsp3) is 0.929. The molecule has 0 aliphatic carbocycles. The molecule has 1 fully saturated rings. The highest BCUT2D eigenvalue weighted by atomic mass is 16.2. The monoisotopic (exact) mass is 255 g/mol. The third-order valence-electron chi connectivity index (χ3n) is 4.32. The first-order valence-electron chi connectivity index (χ1n) is 7.07. The maximum Gasteiger partial charge on any atom is 0.234 e. The number of carbonyl (C=O) groups excluding carboxylic acids is 1. The second-order valence-corrected chi connectivity index (χ2v) is 6.19. The molecule has 1 heterocycles. The fourth-order valence-corrected chi connectivity index (χ4v) is 2.12. The number of rotatable bonds is 5. The van der Waals surface area contributed by atoms with Gasteiger partial charge in [0, 0.05) is 24.7 Å². The van der Waals surface area contributed by atoms with Gasteiger partial charge < -0.3 is 10.6 Å². The molecule has 0 aromatic carbocycles. The van der Waals surface area contributed by atoms with E-state index in [2.05, 4.69) is 43.2 Å². The maximum atomic E-state index is 11.9. The number of nitrogens with zero attached hydrogens (tertiary/aromatic N) is 1. The smallest absolute Gasteiger partial charge is 0.234 e. The van der Waals surface area contributed by atoms with Gasteiger partial charge in [-0.05, 0) is 39.7 Å². The number of nitrogens with one attached hydrogen (secondary N) is 2. The molecule has 18 heavy (non-hydrogen) atoms. The molecule has 0 saturated carbocycles. The Bertz CT molecular complexity index is 270. The Balaban J connectivity index is 2.30. The van der Waals surface area contributed by atoms with Crippen molar-refractivity contribution in [2.45, 2.75) is 52.1 Å². The van der Waals surface area contributed by atoms with Crippen LogP contribution < -0.4 is 10.6 Å². The van der Waals surface area contributed by atoms with E-state index < -0.39 is 0 Å². The Morgan fingerprint density at radius 3 is 2.28 bits per heavy atom. The predicted octanol–water partition coefficient (Wildman–Crippen LogP) is 1.22. The molecule has 1 aliphatic rings. The van der Waals surface area contributed by atoms with Crippen molar-refractivity contribution in [3.05, 3.63) is 0 Å². The van der Waals surface area contributed by atoms with Crippen molar-refractivity contribution in [3.8, 4) is 0 Å². The van der Waals surface area contributed by atoms with Crippen molar-refractivity contribution in [2.75, 3.05) is 26.7 Å². The molecule has 4 nitrogen and oxygen atoms in total. The van der Waals surface area contributed by atoms with Crippen LogP contribution >= 0.6 is 0 Å². The van der Waals surface area contributed by atoms with E-state index in [1.54, 1.807) is 0 Å². The van der Waals surface area contributed by atoms with E-state index >= 15 is 0 Å². The van der Waals surface area contributed by atoms with E-state index in [4.69, 9.17) is 0 Å². The second-order valence-electron chi connectivity index (χ2n) is 6.19. The summed E-state index contributed by atoms with van der Waals surface area (Å²) in [5, 5.41) is 6.44. The van der Waals surface area contributed by atoms with Gasteiger partial charge in [0.2, 0.25) is 5.91 Å². The molecule has 1 amide bonds. The normalized spacial score (nSPS) is 21.9. The topological polar surface area (TPSA) is 44.4 Å². The van der Waals surface area contributed by atoms with Gasteiger partial charge in [0.1, 0.15) is 0 Å². The summed E-state index contributed by atoms with van der Waals surface area (Å²) in [6.07, 6.45) is 2.22. The Morgan fingerprint density at radius 1 is 1.28 bits per heavy atom. The predicted molar refractivity (Wildman–Crippen MR) is 75.6 cm³/mol. The number of piperidine rings is 1. The summed E-state index contributed by atoms with van der Waals surface area (Å²) in [7, 11) is 2.02. The zero-order chi connectivity index (χ0) is 13.8. The summed E-state index contributed by atoms with van der Waals surface area (Å²) in [5.74, 6) is 0.646. The van der Waals surface area contributed by atoms with E-state index in [9.17, 15) is 4.79 Å². The van der Waals surface area contributed by atoms with Crippen LogP contribution in [0.25, 0.3) is 0 Å². The van der Waals surface area contributed by atoms with Gasteiger partial charge >= 0.3 is 0 Å². The Hall–Kier alpha value is -0.610. The van der Waals surface area contributed by atoms with Gasteiger partial charge in [-0.15, -0.1) is 0 Å². The van der Waals surface area contributed by atoms with Crippen molar-refractivity contribution in [1.82, 2.24) is 15.5 Å². The summed E-state index contributed by atoms with van der Waals surface area (Å²) >= 11 is 0. The highest BCUT2D eigenvalue weighted by molar-refractivity contribution is 5.78. The van der Waals surface area contributed by atoms with Crippen LogP contribution in [0.2, 0.25) is 0 Å². The first kappa shape index (κ1) is 15.4. The molecule has 0 spiro atoms. The Labute approximate surface area is 111 Å². The SMILES string of the molecule is CNC1(C)CCN(CC(=O)NC(C)C(C)C)CC1. The van der Waals surface area contributed by atoms with E-state index in [-0.39, 0.29) is 17.5 Å². The zero-order valence-electron chi connectivity index (χ0n) is 12.5. The molecule has 1 aliphatic heterocycles. The molecule has 0 bridgehead atoms. The highest BCUT2D eigenvalue weighted by Gasteiger charge is 2.28. The summed E-state index contributed by atoms with van der Waals surface area (Å²) < 4.78 is 0. The largest absolute Gasteiger partial charge is 0.352 e. The van der Waals surface area contributed by atoms with Crippen LogP contribution in [-0.2, 0) is 4.79 Å². The summed E-state index contributed by atoms with van der Waals surface area (Å²) in [6.45, 7) is 11.1. The summed E-state index contributed by atoms with van der Waals surface area (Å²) in [5.41, 5.74) is 0.248. The van der Waals surface area contributed by atoms with Crippen molar-refractivity contribution in [2.24, 2.45) is 5.92 Å². The molecular weight excluding hydrogens is 226 g/mol. The van der Waals surface area contributed by atoms with Crippen molar-refractivity contribution >= 4 is 5.91 Å². The molecule has 106 valence electrons. The van der Waals surface area contributed by atoms with E-state index in [0.717, 1.165) is 25.9 Å². The molecule has 1 rings (SSSR count). The van der Waals surface area contributed by atoms with Gasteiger partial charge in [-0.25, -0.2) is 0 Å². The van der Waals surface area contributed by atoms with E-state index in [0.29, 0.717) is 12.5 Å². The average molecular weight is 255 g/mol. The van der Waals surface area contributed by atoms with Crippen LogP contribution in [0.5, 0.6) is 0 Å². The molecule has 0 aromatic heterocycles. The van der Waals surface area contributed by atoms with Crippen LogP contribution in [0.3, 0.4) is 0 Å². The minimum atomic E-state index is 0.157. The van der Waals surface area contributed by atoms with Crippen LogP contribution in [0, 0.1) is 5.92 Å². The van der Waals surface area contributed by atoms with Crippen LogP contribution in [0.1, 0.15) is 40.5 Å². The number of hydrogen-bond donors (Lipinski definition) is 2. The van der Waals surface area contributed by atoms with E-state index in [1.165, 1.54) is 0 Å². The third kappa shape index (κ3) is 4.58. The van der Waals surface area contributed by atoms with Gasteiger partial charge in [-0.2, -0.15) is 0 Å². The van der Waals surface area contributed by atoms with Gasteiger partial charge in [0.15, 0.2) is 0 Å². The average Bonchev–Trinajstić information content (AvgIpc) is 2.32. The Morgan fingerprint density at radius 2 is 1.83 bits per heavy atom. The summed E-state index contributed by atoms with van der Waals surface area (Å²) in [4.78, 5) is 14.1. The first-order valence-corrected chi connectivity index (χ1v) is 7.07. The molecule has 1 unspecified atom stereocenters. The zero-order valence-corrected chi connectivity index (χ0v) is 12.5. The van der Waals surface area contributed by atoms with E-state index in [1.807, 2.05) is 7.05 Å². The molecular formula is C14H29N3O. The first-order chi connectivity index (χ1) is 8.36. The fourth-order valence-electron chi connectivity index (χ4n) is 2.12. The molecule has 0 aromatic rings. The number of hydrogen-bond acceptors (Lipinski definition) is 3. The minimum Gasteiger partial charge on any atom is -0.352 e. The van der Waals surface area contributed by atoms with Crippen molar-refractivity contribution < 1.29 is 4.79 Å². The molecule has 2 N–H and O–H groups in total. The second kappa shape index (κ2) is 6.53. The molecule has 0 radical (unpaired) electrons. The van der Waals surface area contributed by atoms with Crippen LogP contribution in [0.15, 0.2) is 0 Å². The Kier molecular flexibility index (Phi) is 5.60. The number of amides is 1. The van der Waals surface area contributed by atoms with Gasteiger partial charge in [0.25, 0.3) is 0 Å². The number of likely N-dealkylation sites (tertiary alicyclic amines) is 1. The number of carbonyl (C=O) groups is 1. The maximum absolute atomic E-state index is 11.9. The van der Waals surface area contributed by atoms with Crippen molar-refractivity contribution in [1.29, 1.82) is 0 Å². The minimum absolute atomic E-state index is 0.157. The lowest BCUT2D eigenvalue weighted by atomic mass is 9.90. The highest BCUT2D eigenvalue weighted by Crippen LogP contribution is 2.20. The third-order valence-corrected chi connectivity index (χ3v) is 4.32. The summed E-state index contributed by atoms with van der Waals surface area (Å²) in [6, 6.07) is 0.255. The van der Waals surface area contributed by atoms with Crippen molar-refractivity contribution in [3.63, 3.8) is 0 Å². The standard InChI is InChI=1S/C14H29N3O/c1-11(2)12(3)16-13(18)10-17-8-6-14(4,15-5)7-9-17/h11-12,15H,6-10H2,1-5H3,(H,16,18). The van der Waals surface area contributed by atoms with Gasteiger partial charge in [-0.1, -0.05) is 13.8 Å². The van der Waals surface area contributed by atoms with Crippen LogP contribution in [-0.4, -0.2) is 49.1 Å². The van der Waals surface area contributed by atoms with Gasteiger partial charge in [-0.3, -0.25) is 9.69 Å². The molecule has 1 saturated heterocycles.